The van der Waals surface area contributed by atoms with Gasteiger partial charge in [-0.25, -0.2) is 0 Å². The van der Waals surface area contributed by atoms with Crippen molar-refractivity contribution in [1.82, 2.24) is 15.1 Å². The Morgan fingerprint density at radius 3 is 2.30 bits per heavy atom. The number of piperazine rings is 1. The van der Waals surface area contributed by atoms with Gasteiger partial charge < -0.3 is 10.2 Å². The van der Waals surface area contributed by atoms with E-state index in [0.29, 0.717) is 19.6 Å². The van der Waals surface area contributed by atoms with Gasteiger partial charge in [0.2, 0.25) is 11.8 Å². The van der Waals surface area contributed by atoms with Crippen LogP contribution in [0.2, 0.25) is 0 Å². The monoisotopic (exact) mass is 295 g/mol. The zero-order chi connectivity index (χ0) is 15.6. The number of halogens is 3. The molecule has 0 aliphatic carbocycles. The van der Waals surface area contributed by atoms with Crippen molar-refractivity contribution in [3.8, 4) is 0 Å². The lowest BCUT2D eigenvalue weighted by Crippen LogP contribution is -2.61. The van der Waals surface area contributed by atoms with E-state index in [1.807, 2.05) is 19.2 Å². The van der Waals surface area contributed by atoms with Crippen LogP contribution in [0.3, 0.4) is 0 Å². The van der Waals surface area contributed by atoms with Gasteiger partial charge in [0.15, 0.2) is 0 Å². The molecule has 1 heterocycles. The molecule has 1 aliphatic rings. The maximum Gasteiger partial charge on any atom is 0.405 e. The highest BCUT2D eigenvalue weighted by molar-refractivity contribution is 5.78. The summed E-state index contributed by atoms with van der Waals surface area (Å²) in [5.41, 5.74) is -0.445. The minimum atomic E-state index is -4.40. The van der Waals surface area contributed by atoms with Crippen molar-refractivity contribution < 1.29 is 22.8 Å². The summed E-state index contributed by atoms with van der Waals surface area (Å²) in [5.74, 6) is -0.703. The maximum absolute atomic E-state index is 12.0. The SMILES string of the molecule is CC(=O)N1CCN(CC(=O)NCC(F)(F)F)C(C)(C)C1. The molecule has 20 heavy (non-hydrogen) atoms. The minimum Gasteiger partial charge on any atom is -0.346 e. The molecule has 1 N–H and O–H groups in total. The van der Waals surface area contributed by atoms with Crippen LogP contribution in [0, 0.1) is 0 Å². The number of amides is 2. The molecule has 1 rings (SSSR count). The van der Waals surface area contributed by atoms with E-state index in [9.17, 15) is 22.8 Å². The summed E-state index contributed by atoms with van der Waals surface area (Å²) < 4.78 is 36.0. The van der Waals surface area contributed by atoms with E-state index in [2.05, 4.69) is 0 Å². The molecule has 5 nitrogen and oxygen atoms in total. The Balaban J connectivity index is 2.52. The van der Waals surface area contributed by atoms with Gasteiger partial charge in [-0.05, 0) is 13.8 Å². The molecule has 2 amide bonds. The number of alkyl halides is 3. The highest BCUT2D eigenvalue weighted by Crippen LogP contribution is 2.20. The van der Waals surface area contributed by atoms with Crippen LogP contribution in [0.25, 0.3) is 0 Å². The Morgan fingerprint density at radius 1 is 1.25 bits per heavy atom. The summed E-state index contributed by atoms with van der Waals surface area (Å²) in [5, 5.41) is 1.86. The normalized spacial score (nSPS) is 19.8. The number of nitrogens with zero attached hydrogens (tertiary/aromatic N) is 2. The Kier molecular flexibility index (Phi) is 5.01. The maximum atomic E-state index is 12.0. The number of hydrogen-bond donors (Lipinski definition) is 1. The quantitative estimate of drug-likeness (QED) is 0.830. The number of rotatable bonds is 3. The molecular weight excluding hydrogens is 275 g/mol. The lowest BCUT2D eigenvalue weighted by Gasteiger charge is -2.46. The fourth-order valence-corrected chi connectivity index (χ4v) is 2.18. The van der Waals surface area contributed by atoms with Crippen LogP contribution in [0.4, 0.5) is 13.2 Å². The molecule has 1 fully saturated rings. The lowest BCUT2D eigenvalue weighted by atomic mass is 9.98. The lowest BCUT2D eigenvalue weighted by molar-refractivity contribution is -0.142. The first-order valence-electron chi connectivity index (χ1n) is 6.35. The number of carbonyl (C=O) groups is 2. The van der Waals surface area contributed by atoms with Crippen LogP contribution >= 0.6 is 0 Å². The van der Waals surface area contributed by atoms with Gasteiger partial charge in [-0.15, -0.1) is 0 Å². The molecule has 0 aromatic rings. The summed E-state index contributed by atoms with van der Waals surface area (Å²) in [6.07, 6.45) is -4.40. The van der Waals surface area contributed by atoms with Crippen LogP contribution in [0.15, 0.2) is 0 Å². The predicted molar refractivity (Wildman–Crippen MR) is 67.0 cm³/mol. The van der Waals surface area contributed by atoms with E-state index in [0.717, 1.165) is 0 Å². The third kappa shape index (κ3) is 4.99. The van der Waals surface area contributed by atoms with Gasteiger partial charge in [0.25, 0.3) is 0 Å². The van der Waals surface area contributed by atoms with Crippen molar-refractivity contribution >= 4 is 11.8 Å². The van der Waals surface area contributed by atoms with Gasteiger partial charge in [0.1, 0.15) is 6.54 Å². The minimum absolute atomic E-state index is 0.0424. The van der Waals surface area contributed by atoms with Gasteiger partial charge >= 0.3 is 6.18 Å². The molecule has 1 aliphatic heterocycles. The van der Waals surface area contributed by atoms with E-state index in [4.69, 9.17) is 0 Å². The van der Waals surface area contributed by atoms with Crippen LogP contribution < -0.4 is 5.32 Å². The first kappa shape index (κ1) is 16.7. The molecule has 8 heteroatoms. The van der Waals surface area contributed by atoms with Crippen molar-refractivity contribution in [3.63, 3.8) is 0 Å². The van der Waals surface area contributed by atoms with Gasteiger partial charge in [0, 0.05) is 32.1 Å². The second-order valence-corrected chi connectivity index (χ2v) is 5.57. The number of nitrogens with one attached hydrogen (secondary N) is 1. The molecular formula is C12H20F3N3O2. The van der Waals surface area contributed by atoms with Gasteiger partial charge in [-0.1, -0.05) is 0 Å². The Morgan fingerprint density at radius 2 is 1.85 bits per heavy atom. The van der Waals surface area contributed by atoms with Gasteiger partial charge in [-0.2, -0.15) is 13.2 Å². The third-order valence-electron chi connectivity index (χ3n) is 3.34. The van der Waals surface area contributed by atoms with Crippen molar-refractivity contribution in [3.05, 3.63) is 0 Å². The van der Waals surface area contributed by atoms with E-state index in [1.54, 1.807) is 9.80 Å². The summed E-state index contributed by atoms with van der Waals surface area (Å²) in [7, 11) is 0. The van der Waals surface area contributed by atoms with Crippen molar-refractivity contribution in [2.45, 2.75) is 32.5 Å². The van der Waals surface area contributed by atoms with E-state index < -0.39 is 24.2 Å². The standard InChI is InChI=1S/C12H20F3N3O2/c1-9(19)17-4-5-18(11(2,3)8-17)6-10(20)16-7-12(13,14)15/h4-8H2,1-3H3,(H,16,20). The molecule has 0 radical (unpaired) electrons. The molecule has 0 aromatic heterocycles. The van der Waals surface area contributed by atoms with E-state index >= 15 is 0 Å². The third-order valence-corrected chi connectivity index (χ3v) is 3.34. The summed E-state index contributed by atoms with van der Waals surface area (Å²) >= 11 is 0. The summed E-state index contributed by atoms with van der Waals surface area (Å²) in [6, 6.07) is 0. The smallest absolute Gasteiger partial charge is 0.346 e. The Hall–Kier alpha value is -1.31. The van der Waals surface area contributed by atoms with Crippen LogP contribution in [0.5, 0.6) is 0 Å². The van der Waals surface area contributed by atoms with Crippen LogP contribution in [-0.2, 0) is 9.59 Å². The second kappa shape index (κ2) is 5.99. The van der Waals surface area contributed by atoms with E-state index in [1.165, 1.54) is 6.92 Å². The number of carbonyl (C=O) groups excluding carboxylic acids is 2. The van der Waals surface area contributed by atoms with Crippen LogP contribution in [0.1, 0.15) is 20.8 Å². The fourth-order valence-electron chi connectivity index (χ4n) is 2.18. The van der Waals surface area contributed by atoms with Crippen molar-refractivity contribution in [1.29, 1.82) is 0 Å². The van der Waals surface area contributed by atoms with Gasteiger partial charge in [-0.3, -0.25) is 14.5 Å². The van der Waals surface area contributed by atoms with Gasteiger partial charge in [0.05, 0.1) is 6.54 Å². The first-order chi connectivity index (χ1) is 9.01. The second-order valence-electron chi connectivity index (χ2n) is 5.57. The predicted octanol–water partition coefficient (Wildman–Crippen LogP) is 0.608. The summed E-state index contributed by atoms with van der Waals surface area (Å²) in [4.78, 5) is 26.3. The average Bonchev–Trinajstić information content (AvgIpc) is 2.27. The molecule has 0 saturated carbocycles. The first-order valence-corrected chi connectivity index (χ1v) is 6.35. The zero-order valence-corrected chi connectivity index (χ0v) is 11.9. The van der Waals surface area contributed by atoms with E-state index in [-0.39, 0.29) is 12.5 Å². The average molecular weight is 295 g/mol. The molecule has 0 aromatic carbocycles. The largest absolute Gasteiger partial charge is 0.405 e. The van der Waals surface area contributed by atoms with Crippen molar-refractivity contribution in [2.75, 3.05) is 32.7 Å². The number of hydrogen-bond acceptors (Lipinski definition) is 3. The van der Waals surface area contributed by atoms with Crippen LogP contribution in [-0.4, -0.2) is 66.1 Å². The van der Waals surface area contributed by atoms with Crippen molar-refractivity contribution in [2.24, 2.45) is 0 Å². The molecule has 0 unspecified atom stereocenters. The Labute approximate surface area is 116 Å². The topological polar surface area (TPSA) is 52.7 Å². The molecule has 0 bridgehead atoms. The fraction of sp³-hybridized carbons (Fsp3) is 0.833. The highest BCUT2D eigenvalue weighted by Gasteiger charge is 2.36. The molecule has 0 spiro atoms. The Bertz CT molecular complexity index is 383. The molecule has 0 atom stereocenters. The molecule has 116 valence electrons. The zero-order valence-electron chi connectivity index (χ0n) is 11.9. The highest BCUT2D eigenvalue weighted by atomic mass is 19.4. The summed E-state index contributed by atoms with van der Waals surface area (Å²) in [6.45, 7) is 5.17. The molecule has 1 saturated heterocycles.